The van der Waals surface area contributed by atoms with Crippen molar-refractivity contribution in [1.29, 1.82) is 0 Å². The Hall–Kier alpha value is -4.09. The van der Waals surface area contributed by atoms with Crippen molar-refractivity contribution in [2.24, 2.45) is 23.3 Å². The average Bonchev–Trinajstić information content (AvgIpc) is 3.16. The summed E-state index contributed by atoms with van der Waals surface area (Å²) in [6, 6.07) is 8.99. The first-order chi connectivity index (χ1) is 26.4. The first kappa shape index (κ1) is 45.3. The molecule has 0 fully saturated rings. The zero-order valence-electron chi connectivity index (χ0n) is 34.0. The highest BCUT2D eigenvalue weighted by Gasteiger charge is 2.33. The number of carbonyl (C=O) groups is 5. The third-order valence-corrected chi connectivity index (χ3v) is 10.5. The molecule has 2 aromatic rings. The molecule has 0 spiro atoms. The molecule has 2 aromatic carbocycles. The number of amides is 2. The summed E-state index contributed by atoms with van der Waals surface area (Å²) in [7, 11) is 1.65. The fourth-order valence-electron chi connectivity index (χ4n) is 7.03. The molecule has 3 rings (SSSR count). The van der Waals surface area contributed by atoms with E-state index in [4.69, 9.17) is 20.9 Å². The number of unbranched alkanes of at least 4 members (excludes halogenated alkanes) is 9. The smallest absolute Gasteiger partial charge is 0.223 e. The highest BCUT2D eigenvalue weighted by Crippen LogP contribution is 2.40. The number of Topliss-reactive ketones (excluding diaryl/α,β-unsaturated/α-hetero) is 3. The number of rotatable bonds is 22. The molecule has 2 amide bonds. The third-order valence-electron chi connectivity index (χ3n) is 10.5. The quantitative estimate of drug-likeness (QED) is 0.111. The Morgan fingerprint density at radius 1 is 0.836 bits per heavy atom. The Bertz CT molecular complexity index is 1580. The van der Waals surface area contributed by atoms with Gasteiger partial charge in [0.25, 0.3) is 0 Å². The minimum absolute atomic E-state index is 0.0364. The molecule has 0 radical (unpaired) electrons. The highest BCUT2D eigenvalue weighted by atomic mass is 16.5. The molecule has 11 heteroatoms. The molecular weight excluding hydrogens is 697 g/mol. The van der Waals surface area contributed by atoms with Gasteiger partial charge in [-0.05, 0) is 55.2 Å². The molecule has 304 valence electrons. The normalized spacial score (nSPS) is 17.8. The number of nitrogens with one attached hydrogen (secondary N) is 1. The van der Waals surface area contributed by atoms with E-state index in [0.717, 1.165) is 31.2 Å². The van der Waals surface area contributed by atoms with Gasteiger partial charge >= 0.3 is 0 Å². The number of carbonyl (C=O) groups excluding carboxylic acids is 5. The maximum absolute atomic E-state index is 14.3. The minimum atomic E-state index is -0.985. The Kier molecular flexibility index (Phi) is 19.6. The number of nitrogens with zero attached hydrogens (tertiary/aromatic N) is 1. The summed E-state index contributed by atoms with van der Waals surface area (Å²) in [6.07, 6.45) is 11.7. The van der Waals surface area contributed by atoms with E-state index in [-0.39, 0.29) is 68.8 Å². The lowest BCUT2D eigenvalue weighted by Gasteiger charge is -2.30. The Labute approximate surface area is 328 Å². The van der Waals surface area contributed by atoms with Crippen LogP contribution in [0.3, 0.4) is 0 Å². The molecule has 0 saturated heterocycles. The van der Waals surface area contributed by atoms with Crippen LogP contribution in [0.25, 0.3) is 11.1 Å². The van der Waals surface area contributed by atoms with Gasteiger partial charge in [-0.2, -0.15) is 0 Å². The van der Waals surface area contributed by atoms with Gasteiger partial charge in [0, 0.05) is 62.4 Å². The summed E-state index contributed by atoms with van der Waals surface area (Å²) >= 11 is 0. The number of nitrogens with two attached hydrogens (primary N) is 2. The second-order valence-electron chi connectivity index (χ2n) is 15.2. The molecule has 11 nitrogen and oxygen atoms in total. The van der Waals surface area contributed by atoms with Gasteiger partial charge in [0.05, 0.1) is 6.04 Å². The molecule has 1 aliphatic heterocycles. The summed E-state index contributed by atoms with van der Waals surface area (Å²) in [5.74, 6) is -1.60. The van der Waals surface area contributed by atoms with Crippen LogP contribution < -0.4 is 26.3 Å². The summed E-state index contributed by atoms with van der Waals surface area (Å²) < 4.78 is 12.2. The standard InChI is InChI=1S/C44H66N4O7/c1-6-7-8-9-10-11-12-13-14-15-16-42(52)48(5)43-34-18-20-41(55-24-22-46)36(29-34)35-27-33(17-19-40(35)54-23-21-45)28-37(38(50)25-30(2)32(4)49)47-44(53)31(3)26-39(43)51/h17-20,27,29-31,37,43H,6-16,21-26,28,45-46H2,1-5H3,(H,47,53)/t30-,31-,37+,43+/m1/s1. The van der Waals surface area contributed by atoms with E-state index in [1.807, 2.05) is 18.2 Å². The van der Waals surface area contributed by atoms with E-state index in [1.54, 1.807) is 39.1 Å². The van der Waals surface area contributed by atoms with Crippen LogP contribution in [-0.4, -0.2) is 73.5 Å². The topological polar surface area (TPSA) is 171 Å². The number of fused-ring (bicyclic) bond motifs is 5. The monoisotopic (exact) mass is 762 g/mol. The molecule has 55 heavy (non-hydrogen) atoms. The van der Waals surface area contributed by atoms with Crippen molar-refractivity contribution in [2.75, 3.05) is 33.4 Å². The van der Waals surface area contributed by atoms with Crippen LogP contribution in [0.5, 0.6) is 11.5 Å². The molecule has 4 bridgehead atoms. The largest absolute Gasteiger partial charge is 0.492 e. The number of hydrogen-bond acceptors (Lipinski definition) is 9. The molecule has 0 saturated carbocycles. The van der Waals surface area contributed by atoms with Crippen molar-refractivity contribution in [3.8, 4) is 22.6 Å². The summed E-state index contributed by atoms with van der Waals surface area (Å²) in [4.78, 5) is 69.1. The first-order valence-corrected chi connectivity index (χ1v) is 20.5. The van der Waals surface area contributed by atoms with Crippen LogP contribution in [-0.2, 0) is 30.4 Å². The maximum Gasteiger partial charge on any atom is 0.223 e. The van der Waals surface area contributed by atoms with Crippen molar-refractivity contribution in [1.82, 2.24) is 10.2 Å². The fourth-order valence-corrected chi connectivity index (χ4v) is 7.03. The number of ether oxygens (including phenoxy) is 2. The van der Waals surface area contributed by atoms with Gasteiger partial charge in [0.2, 0.25) is 11.8 Å². The van der Waals surface area contributed by atoms with Gasteiger partial charge in [0.15, 0.2) is 11.6 Å². The van der Waals surface area contributed by atoms with Crippen LogP contribution in [0.4, 0.5) is 0 Å². The number of hydrogen-bond donors (Lipinski definition) is 3. The zero-order chi connectivity index (χ0) is 40.3. The maximum atomic E-state index is 14.3. The average molecular weight is 763 g/mol. The van der Waals surface area contributed by atoms with Crippen LogP contribution in [0.1, 0.15) is 128 Å². The van der Waals surface area contributed by atoms with E-state index in [0.29, 0.717) is 34.6 Å². The molecule has 0 aliphatic carbocycles. The predicted octanol–water partition coefficient (Wildman–Crippen LogP) is 6.66. The van der Waals surface area contributed by atoms with Crippen molar-refractivity contribution in [3.05, 3.63) is 47.5 Å². The van der Waals surface area contributed by atoms with Crippen molar-refractivity contribution < 1.29 is 33.4 Å². The lowest BCUT2D eigenvalue weighted by Crippen LogP contribution is -2.46. The Morgan fingerprint density at radius 3 is 1.98 bits per heavy atom. The molecule has 0 unspecified atom stereocenters. The minimum Gasteiger partial charge on any atom is -0.492 e. The molecule has 0 aromatic heterocycles. The predicted molar refractivity (Wildman–Crippen MR) is 217 cm³/mol. The van der Waals surface area contributed by atoms with Gasteiger partial charge in [-0.25, -0.2) is 0 Å². The van der Waals surface area contributed by atoms with Gasteiger partial charge in [0.1, 0.15) is 36.5 Å². The SMILES string of the molecule is CCCCCCCCCCCCC(=O)N(C)[C@@H]1C(=O)C[C@@H](C)C(=O)N[C@H](C(=O)C[C@@H](C)C(C)=O)Cc2ccc(OCCN)c(c2)-c2cc1ccc2OCCN. The highest BCUT2D eigenvalue weighted by molar-refractivity contribution is 5.96. The van der Waals surface area contributed by atoms with Crippen molar-refractivity contribution >= 4 is 29.2 Å². The van der Waals surface area contributed by atoms with E-state index >= 15 is 0 Å². The second-order valence-corrected chi connectivity index (χ2v) is 15.2. The van der Waals surface area contributed by atoms with Gasteiger partial charge in [-0.1, -0.05) is 90.7 Å². The first-order valence-electron chi connectivity index (χ1n) is 20.5. The Morgan fingerprint density at radius 2 is 1.40 bits per heavy atom. The number of ketones is 3. The number of benzene rings is 2. The lowest BCUT2D eigenvalue weighted by molar-refractivity contribution is -0.139. The molecular formula is C44H66N4O7. The van der Waals surface area contributed by atoms with Crippen molar-refractivity contribution in [2.45, 2.75) is 130 Å². The van der Waals surface area contributed by atoms with E-state index < -0.39 is 29.8 Å². The fraction of sp³-hybridized carbons (Fsp3) is 0.614. The van der Waals surface area contributed by atoms with Crippen LogP contribution in [0.2, 0.25) is 0 Å². The molecule has 1 aliphatic rings. The molecule has 4 atom stereocenters. The van der Waals surface area contributed by atoms with E-state index in [1.165, 1.54) is 50.3 Å². The Balaban J connectivity index is 2.03. The number of likely N-dealkylation sites (N-methyl/N-ethyl adjacent to an activating group) is 1. The molecule has 1 heterocycles. The zero-order valence-corrected chi connectivity index (χ0v) is 34.0. The van der Waals surface area contributed by atoms with Crippen LogP contribution in [0, 0.1) is 11.8 Å². The third kappa shape index (κ3) is 14.2. The second kappa shape index (κ2) is 23.7. The van der Waals surface area contributed by atoms with E-state index in [9.17, 15) is 24.0 Å². The van der Waals surface area contributed by atoms with Gasteiger partial charge in [-0.3, -0.25) is 24.0 Å². The van der Waals surface area contributed by atoms with Crippen LogP contribution in [0.15, 0.2) is 36.4 Å². The summed E-state index contributed by atoms with van der Waals surface area (Å²) in [5.41, 5.74) is 14.2. The van der Waals surface area contributed by atoms with Crippen LogP contribution >= 0.6 is 0 Å². The lowest BCUT2D eigenvalue weighted by atomic mass is 9.88. The van der Waals surface area contributed by atoms with Gasteiger partial charge in [-0.15, -0.1) is 0 Å². The summed E-state index contributed by atoms with van der Waals surface area (Å²) in [6.45, 7) is 8.03. The molecule has 5 N–H and O–H groups in total. The van der Waals surface area contributed by atoms with Gasteiger partial charge < -0.3 is 31.2 Å². The van der Waals surface area contributed by atoms with E-state index in [2.05, 4.69) is 12.2 Å². The summed E-state index contributed by atoms with van der Waals surface area (Å²) in [5, 5.41) is 2.90. The van der Waals surface area contributed by atoms with Crippen molar-refractivity contribution in [3.63, 3.8) is 0 Å².